The SMILES string of the molecule is CCCC.CCOC(=O)/C(=C\c1ccc(/C=C(/C(=O)O)C(=O)OCC)cc1)C(=O)O. The molecule has 0 aliphatic heterocycles. The Hall–Kier alpha value is -3.42. The van der Waals surface area contributed by atoms with Gasteiger partial charge in [-0.3, -0.25) is 0 Å². The molecule has 0 aliphatic carbocycles. The molecule has 2 N–H and O–H groups in total. The number of rotatable bonds is 9. The van der Waals surface area contributed by atoms with Crippen LogP contribution in [0.1, 0.15) is 51.7 Å². The Morgan fingerprint density at radius 1 is 0.700 bits per heavy atom. The summed E-state index contributed by atoms with van der Waals surface area (Å²) in [6.45, 7) is 7.56. The molecule has 0 unspecified atom stereocenters. The first-order valence-corrected chi connectivity index (χ1v) is 9.55. The topological polar surface area (TPSA) is 127 Å². The summed E-state index contributed by atoms with van der Waals surface area (Å²) in [5, 5.41) is 18.2. The quantitative estimate of drug-likeness (QED) is 0.269. The molecule has 1 rings (SSSR count). The van der Waals surface area contributed by atoms with Crippen molar-refractivity contribution in [2.45, 2.75) is 40.5 Å². The molecular weight excluding hydrogens is 392 g/mol. The summed E-state index contributed by atoms with van der Waals surface area (Å²) in [6, 6.07) is 5.88. The minimum Gasteiger partial charge on any atom is -0.477 e. The van der Waals surface area contributed by atoms with Gasteiger partial charge in [-0.15, -0.1) is 0 Å². The Bertz CT molecular complexity index is 721. The molecule has 8 heteroatoms. The van der Waals surface area contributed by atoms with Crippen molar-refractivity contribution in [1.29, 1.82) is 0 Å². The van der Waals surface area contributed by atoms with Crippen LogP contribution >= 0.6 is 0 Å². The van der Waals surface area contributed by atoms with Gasteiger partial charge in [-0.25, -0.2) is 19.2 Å². The van der Waals surface area contributed by atoms with E-state index in [1.165, 1.54) is 37.1 Å². The van der Waals surface area contributed by atoms with Gasteiger partial charge in [0.1, 0.15) is 11.1 Å². The molecule has 0 saturated carbocycles. The minimum absolute atomic E-state index is 0.0407. The molecule has 0 bridgehead atoms. The van der Waals surface area contributed by atoms with Gasteiger partial charge in [0.05, 0.1) is 13.2 Å². The summed E-state index contributed by atoms with van der Waals surface area (Å²) in [4.78, 5) is 45.5. The summed E-state index contributed by atoms with van der Waals surface area (Å²) in [5.74, 6) is -4.77. The lowest BCUT2D eigenvalue weighted by Gasteiger charge is -2.04. The second-order valence-corrected chi connectivity index (χ2v) is 5.83. The first-order valence-electron chi connectivity index (χ1n) is 9.55. The van der Waals surface area contributed by atoms with Gasteiger partial charge in [-0.05, 0) is 37.1 Å². The van der Waals surface area contributed by atoms with E-state index in [-0.39, 0.29) is 13.2 Å². The average Bonchev–Trinajstić information content (AvgIpc) is 2.71. The first-order chi connectivity index (χ1) is 14.2. The Morgan fingerprint density at radius 2 is 1.00 bits per heavy atom. The van der Waals surface area contributed by atoms with Crippen LogP contribution < -0.4 is 0 Å². The van der Waals surface area contributed by atoms with E-state index >= 15 is 0 Å². The fourth-order valence-electron chi connectivity index (χ4n) is 1.86. The number of aliphatic carboxylic acids is 2. The van der Waals surface area contributed by atoms with Gasteiger partial charge in [-0.2, -0.15) is 0 Å². The number of carboxylic acids is 2. The number of esters is 2. The molecule has 164 valence electrons. The third-order valence-corrected chi connectivity index (χ3v) is 3.51. The van der Waals surface area contributed by atoms with E-state index in [1.54, 1.807) is 13.8 Å². The van der Waals surface area contributed by atoms with E-state index < -0.39 is 35.0 Å². The van der Waals surface area contributed by atoms with Crippen LogP contribution in [0.25, 0.3) is 12.2 Å². The normalized spacial score (nSPS) is 11.1. The molecule has 0 heterocycles. The summed E-state index contributed by atoms with van der Waals surface area (Å²) in [7, 11) is 0. The molecule has 0 atom stereocenters. The van der Waals surface area contributed by atoms with E-state index in [9.17, 15) is 19.2 Å². The second-order valence-electron chi connectivity index (χ2n) is 5.83. The highest BCUT2D eigenvalue weighted by atomic mass is 16.5. The van der Waals surface area contributed by atoms with E-state index in [1.807, 2.05) is 0 Å². The Labute approximate surface area is 175 Å². The summed E-state index contributed by atoms with van der Waals surface area (Å²) in [6.07, 6.45) is 4.91. The second kappa shape index (κ2) is 14.6. The summed E-state index contributed by atoms with van der Waals surface area (Å²) >= 11 is 0. The van der Waals surface area contributed by atoms with Crippen molar-refractivity contribution in [1.82, 2.24) is 0 Å². The number of carbonyl (C=O) groups is 4. The maximum Gasteiger partial charge on any atom is 0.345 e. The standard InChI is InChI=1S/C18H18O8.C4H10/c1-3-25-17(23)13(15(19)20)9-11-5-7-12(8-6-11)10-14(16(21)22)18(24)26-4-2;1-3-4-2/h5-10H,3-4H2,1-2H3,(H,19,20)(H,21,22);3-4H2,1-2H3/b13-9-,14-10-;. The van der Waals surface area contributed by atoms with Gasteiger partial charge in [0, 0.05) is 0 Å². The monoisotopic (exact) mass is 420 g/mol. The molecule has 1 aromatic rings. The molecule has 0 spiro atoms. The lowest BCUT2D eigenvalue weighted by Crippen LogP contribution is -2.15. The van der Waals surface area contributed by atoms with Crippen LogP contribution in [-0.2, 0) is 28.7 Å². The molecule has 8 nitrogen and oxygen atoms in total. The Balaban J connectivity index is 0.00000192. The molecule has 0 saturated heterocycles. The molecule has 0 aromatic heterocycles. The summed E-state index contributed by atoms with van der Waals surface area (Å²) < 4.78 is 9.35. The smallest absolute Gasteiger partial charge is 0.345 e. The van der Waals surface area contributed by atoms with Crippen LogP contribution in [0.2, 0.25) is 0 Å². The van der Waals surface area contributed by atoms with Crippen LogP contribution in [0.15, 0.2) is 35.4 Å². The van der Waals surface area contributed by atoms with Crippen molar-refractivity contribution in [3.05, 3.63) is 46.5 Å². The maximum absolute atomic E-state index is 11.6. The van der Waals surface area contributed by atoms with Crippen molar-refractivity contribution < 1.29 is 38.9 Å². The van der Waals surface area contributed by atoms with Gasteiger partial charge in [0.15, 0.2) is 0 Å². The zero-order valence-corrected chi connectivity index (χ0v) is 17.6. The van der Waals surface area contributed by atoms with Crippen LogP contribution in [0.3, 0.4) is 0 Å². The van der Waals surface area contributed by atoms with Crippen molar-refractivity contribution in [2.24, 2.45) is 0 Å². The molecule has 30 heavy (non-hydrogen) atoms. The van der Waals surface area contributed by atoms with Crippen molar-refractivity contribution in [3.63, 3.8) is 0 Å². The Kier molecular flexibility index (Phi) is 12.9. The van der Waals surface area contributed by atoms with E-state index in [0.717, 1.165) is 12.2 Å². The van der Waals surface area contributed by atoms with Crippen molar-refractivity contribution in [2.75, 3.05) is 13.2 Å². The van der Waals surface area contributed by atoms with Gasteiger partial charge in [-0.1, -0.05) is 51.0 Å². The first kappa shape index (κ1) is 26.6. The molecule has 0 aliphatic rings. The number of carbonyl (C=O) groups excluding carboxylic acids is 2. The van der Waals surface area contributed by atoms with Crippen molar-refractivity contribution >= 4 is 36.0 Å². The number of benzene rings is 1. The number of hydrogen-bond donors (Lipinski definition) is 2. The fraction of sp³-hybridized carbons (Fsp3) is 0.364. The van der Waals surface area contributed by atoms with Crippen LogP contribution in [0.4, 0.5) is 0 Å². The van der Waals surface area contributed by atoms with E-state index in [4.69, 9.17) is 10.2 Å². The molecule has 0 amide bonds. The highest BCUT2D eigenvalue weighted by Gasteiger charge is 2.19. The van der Waals surface area contributed by atoms with Gasteiger partial charge in [0.2, 0.25) is 0 Å². The van der Waals surface area contributed by atoms with E-state index in [2.05, 4.69) is 23.3 Å². The summed E-state index contributed by atoms with van der Waals surface area (Å²) in [5.41, 5.74) is -0.290. The molecular formula is C22H28O8. The van der Waals surface area contributed by atoms with E-state index in [0.29, 0.717) is 11.1 Å². The Morgan fingerprint density at radius 3 is 1.20 bits per heavy atom. The maximum atomic E-state index is 11.6. The predicted octanol–water partition coefficient (Wildman–Crippen LogP) is 3.56. The lowest BCUT2D eigenvalue weighted by molar-refractivity contribution is -0.145. The van der Waals surface area contributed by atoms with Gasteiger partial charge in [0.25, 0.3) is 0 Å². The molecule has 0 radical (unpaired) electrons. The third-order valence-electron chi connectivity index (χ3n) is 3.51. The highest BCUT2D eigenvalue weighted by molar-refractivity contribution is 6.17. The average molecular weight is 420 g/mol. The van der Waals surface area contributed by atoms with Crippen LogP contribution in [0.5, 0.6) is 0 Å². The number of unbranched alkanes of at least 4 members (excludes halogenated alkanes) is 1. The number of carboxylic acid groups (broad SMARTS) is 2. The fourth-order valence-corrected chi connectivity index (χ4v) is 1.86. The van der Waals surface area contributed by atoms with Crippen LogP contribution in [0, 0.1) is 0 Å². The van der Waals surface area contributed by atoms with Gasteiger partial charge >= 0.3 is 23.9 Å². The number of ether oxygens (including phenoxy) is 2. The molecule has 0 fully saturated rings. The third kappa shape index (κ3) is 9.68. The minimum atomic E-state index is -1.43. The van der Waals surface area contributed by atoms with Gasteiger partial charge < -0.3 is 19.7 Å². The van der Waals surface area contributed by atoms with Crippen LogP contribution in [-0.4, -0.2) is 47.3 Å². The highest BCUT2D eigenvalue weighted by Crippen LogP contribution is 2.14. The predicted molar refractivity (Wildman–Crippen MR) is 112 cm³/mol. The lowest BCUT2D eigenvalue weighted by atomic mass is 10.1. The zero-order valence-electron chi connectivity index (χ0n) is 17.6. The zero-order chi connectivity index (χ0) is 23.1. The van der Waals surface area contributed by atoms with Crippen molar-refractivity contribution in [3.8, 4) is 0 Å². The molecule has 1 aromatic carbocycles. The number of hydrogen-bond acceptors (Lipinski definition) is 6. The largest absolute Gasteiger partial charge is 0.477 e.